The number of nitrogens with two attached hydrogens (primary N) is 1. The van der Waals surface area contributed by atoms with Gasteiger partial charge in [0.25, 0.3) is 0 Å². The predicted octanol–water partition coefficient (Wildman–Crippen LogP) is 1.42. The fourth-order valence-electron chi connectivity index (χ4n) is 1.06. The van der Waals surface area contributed by atoms with Gasteiger partial charge in [0, 0.05) is 0 Å². The lowest BCUT2D eigenvalue weighted by Crippen LogP contribution is -2.30. The van der Waals surface area contributed by atoms with Crippen LogP contribution in [0.1, 0.15) is 12.5 Å². The maximum Gasteiger partial charge on any atom is 0.159 e. The molecule has 1 unspecified atom stereocenters. The average Bonchev–Trinajstić information content (AvgIpc) is 2.11. The molecule has 0 saturated carbocycles. The van der Waals surface area contributed by atoms with Gasteiger partial charge in [0.15, 0.2) is 11.6 Å². The third-order valence-electron chi connectivity index (χ3n) is 1.96. The van der Waals surface area contributed by atoms with Gasteiger partial charge in [-0.3, -0.25) is 4.79 Å². The fraction of sp³-hybridized carbons (Fsp3) is 0.300. The van der Waals surface area contributed by atoms with Gasteiger partial charge in [-0.25, -0.2) is 8.78 Å². The minimum atomic E-state index is -0.918. The first-order chi connectivity index (χ1) is 6.50. The van der Waals surface area contributed by atoms with Crippen molar-refractivity contribution in [2.24, 2.45) is 5.73 Å². The van der Waals surface area contributed by atoms with Crippen LogP contribution >= 0.6 is 0 Å². The van der Waals surface area contributed by atoms with E-state index in [4.69, 9.17) is 5.73 Å². The molecule has 1 aromatic carbocycles. The Kier molecular flexibility index (Phi) is 3.30. The van der Waals surface area contributed by atoms with Crippen molar-refractivity contribution in [1.82, 2.24) is 0 Å². The summed E-state index contributed by atoms with van der Waals surface area (Å²) >= 11 is 0. The highest BCUT2D eigenvalue weighted by molar-refractivity contribution is 5.81. The van der Waals surface area contributed by atoms with E-state index in [1.54, 1.807) is 0 Å². The molecule has 0 aliphatic carbocycles. The van der Waals surface area contributed by atoms with E-state index in [0.717, 1.165) is 12.1 Å². The van der Waals surface area contributed by atoms with Gasteiger partial charge in [-0.1, -0.05) is 6.07 Å². The Balaban J connectivity index is 2.78. The van der Waals surface area contributed by atoms with E-state index >= 15 is 0 Å². The molecule has 0 bridgehead atoms. The molecule has 0 aliphatic rings. The van der Waals surface area contributed by atoms with Crippen LogP contribution in [0.3, 0.4) is 0 Å². The number of hydrogen-bond acceptors (Lipinski definition) is 2. The van der Waals surface area contributed by atoms with Crippen LogP contribution in [-0.4, -0.2) is 11.8 Å². The van der Waals surface area contributed by atoms with Gasteiger partial charge in [0.05, 0.1) is 6.04 Å². The van der Waals surface area contributed by atoms with Crippen LogP contribution in [0.2, 0.25) is 0 Å². The predicted molar refractivity (Wildman–Crippen MR) is 48.7 cm³/mol. The molecule has 1 atom stereocenters. The molecule has 0 aliphatic heterocycles. The second kappa shape index (κ2) is 4.28. The summed E-state index contributed by atoms with van der Waals surface area (Å²) in [5.74, 6) is -1.99. The minimum Gasteiger partial charge on any atom is -0.321 e. The molecule has 76 valence electrons. The summed E-state index contributed by atoms with van der Waals surface area (Å²) in [5, 5.41) is 0. The Bertz CT molecular complexity index is 352. The van der Waals surface area contributed by atoms with Crippen molar-refractivity contribution in [2.75, 3.05) is 0 Å². The van der Waals surface area contributed by atoms with E-state index in [1.165, 1.54) is 13.0 Å². The van der Waals surface area contributed by atoms with E-state index in [2.05, 4.69) is 0 Å². The SMILES string of the molecule is CC(=O)C(N)Cc1ccc(F)c(F)c1. The summed E-state index contributed by atoms with van der Waals surface area (Å²) in [4.78, 5) is 10.8. The summed E-state index contributed by atoms with van der Waals surface area (Å²) in [7, 11) is 0. The first-order valence-corrected chi connectivity index (χ1v) is 4.20. The quantitative estimate of drug-likeness (QED) is 0.800. The van der Waals surface area contributed by atoms with E-state index < -0.39 is 17.7 Å². The lowest BCUT2D eigenvalue weighted by Gasteiger charge is -2.07. The van der Waals surface area contributed by atoms with Crippen LogP contribution in [-0.2, 0) is 11.2 Å². The van der Waals surface area contributed by atoms with Crippen molar-refractivity contribution < 1.29 is 13.6 Å². The lowest BCUT2D eigenvalue weighted by molar-refractivity contribution is -0.118. The number of hydrogen-bond donors (Lipinski definition) is 1. The van der Waals surface area contributed by atoms with Crippen LogP contribution in [0, 0.1) is 11.6 Å². The van der Waals surface area contributed by atoms with Crippen LogP contribution in [0.4, 0.5) is 8.78 Å². The molecule has 0 amide bonds. The van der Waals surface area contributed by atoms with E-state index in [1.807, 2.05) is 0 Å². The van der Waals surface area contributed by atoms with Gasteiger partial charge < -0.3 is 5.73 Å². The molecule has 1 aromatic rings. The minimum absolute atomic E-state index is 0.172. The maximum absolute atomic E-state index is 12.7. The molecule has 2 N–H and O–H groups in total. The number of rotatable bonds is 3. The molecule has 14 heavy (non-hydrogen) atoms. The van der Waals surface area contributed by atoms with Gasteiger partial charge in [0.1, 0.15) is 5.78 Å². The van der Waals surface area contributed by atoms with Gasteiger partial charge in [-0.2, -0.15) is 0 Å². The van der Waals surface area contributed by atoms with Gasteiger partial charge in [-0.15, -0.1) is 0 Å². The van der Waals surface area contributed by atoms with Crippen LogP contribution in [0.5, 0.6) is 0 Å². The zero-order valence-electron chi connectivity index (χ0n) is 7.76. The first kappa shape index (κ1) is 10.8. The largest absolute Gasteiger partial charge is 0.321 e. The summed E-state index contributed by atoms with van der Waals surface area (Å²) in [6, 6.07) is 2.84. The van der Waals surface area contributed by atoms with Gasteiger partial charge in [0.2, 0.25) is 0 Å². The fourth-order valence-corrected chi connectivity index (χ4v) is 1.06. The van der Waals surface area contributed by atoms with Crippen molar-refractivity contribution in [2.45, 2.75) is 19.4 Å². The van der Waals surface area contributed by atoms with Crippen molar-refractivity contribution >= 4 is 5.78 Å². The molecule has 0 fully saturated rings. The molecular formula is C10H11F2NO. The van der Waals surface area contributed by atoms with Crippen LogP contribution in [0.25, 0.3) is 0 Å². The zero-order valence-corrected chi connectivity index (χ0v) is 7.76. The molecular weight excluding hydrogens is 188 g/mol. The number of carbonyl (C=O) groups is 1. The Morgan fingerprint density at radius 1 is 1.43 bits per heavy atom. The Morgan fingerprint density at radius 2 is 2.07 bits per heavy atom. The normalized spacial score (nSPS) is 12.6. The second-order valence-corrected chi connectivity index (χ2v) is 3.17. The van der Waals surface area contributed by atoms with Gasteiger partial charge >= 0.3 is 0 Å². The van der Waals surface area contributed by atoms with Crippen molar-refractivity contribution in [3.63, 3.8) is 0 Å². The number of benzene rings is 1. The molecule has 1 rings (SSSR count). The highest BCUT2D eigenvalue weighted by atomic mass is 19.2. The Morgan fingerprint density at radius 3 is 2.57 bits per heavy atom. The molecule has 0 radical (unpaired) electrons. The molecule has 0 saturated heterocycles. The third-order valence-corrected chi connectivity index (χ3v) is 1.96. The Labute approximate surface area is 80.7 Å². The monoisotopic (exact) mass is 199 g/mol. The van der Waals surface area contributed by atoms with Crippen molar-refractivity contribution in [3.8, 4) is 0 Å². The van der Waals surface area contributed by atoms with E-state index in [-0.39, 0.29) is 12.2 Å². The molecule has 2 nitrogen and oxygen atoms in total. The van der Waals surface area contributed by atoms with E-state index in [9.17, 15) is 13.6 Å². The van der Waals surface area contributed by atoms with Crippen molar-refractivity contribution in [1.29, 1.82) is 0 Å². The topological polar surface area (TPSA) is 43.1 Å². The van der Waals surface area contributed by atoms with Gasteiger partial charge in [-0.05, 0) is 31.0 Å². The maximum atomic E-state index is 12.7. The summed E-state index contributed by atoms with van der Waals surface area (Å²) in [6.07, 6.45) is 0.229. The summed E-state index contributed by atoms with van der Waals surface area (Å²) in [6.45, 7) is 1.37. The smallest absolute Gasteiger partial charge is 0.159 e. The average molecular weight is 199 g/mol. The summed E-state index contributed by atoms with van der Waals surface area (Å²) in [5.41, 5.74) is 5.99. The van der Waals surface area contributed by atoms with E-state index in [0.29, 0.717) is 5.56 Å². The lowest BCUT2D eigenvalue weighted by atomic mass is 10.0. The molecule has 0 heterocycles. The summed E-state index contributed by atoms with van der Waals surface area (Å²) < 4.78 is 25.3. The highest BCUT2D eigenvalue weighted by Gasteiger charge is 2.10. The zero-order chi connectivity index (χ0) is 10.7. The molecule has 0 aromatic heterocycles. The second-order valence-electron chi connectivity index (χ2n) is 3.17. The third kappa shape index (κ3) is 2.60. The van der Waals surface area contributed by atoms with Crippen LogP contribution in [0.15, 0.2) is 18.2 Å². The number of halogens is 2. The number of Topliss-reactive ketones (excluding diaryl/α,β-unsaturated/α-hetero) is 1. The first-order valence-electron chi connectivity index (χ1n) is 4.20. The highest BCUT2D eigenvalue weighted by Crippen LogP contribution is 2.10. The van der Waals surface area contributed by atoms with Crippen molar-refractivity contribution in [3.05, 3.63) is 35.4 Å². The number of ketones is 1. The Hall–Kier alpha value is -1.29. The van der Waals surface area contributed by atoms with Crippen LogP contribution < -0.4 is 5.73 Å². The molecule has 0 spiro atoms. The molecule has 4 heteroatoms. The number of carbonyl (C=O) groups excluding carboxylic acids is 1. The standard InChI is InChI=1S/C10H11F2NO/c1-6(14)10(13)5-7-2-3-8(11)9(12)4-7/h2-4,10H,5,13H2,1H3.